The third-order valence-corrected chi connectivity index (χ3v) is 2.57. The first-order valence-corrected chi connectivity index (χ1v) is 5.60. The van der Waals surface area contributed by atoms with Crippen LogP contribution in [0.5, 0.6) is 0 Å². The summed E-state index contributed by atoms with van der Waals surface area (Å²) in [5, 5.41) is 0. The van der Waals surface area contributed by atoms with Crippen molar-refractivity contribution in [2.75, 3.05) is 32.8 Å². The van der Waals surface area contributed by atoms with Gasteiger partial charge in [0.2, 0.25) is 0 Å². The number of piperidine rings is 1. The average Bonchev–Trinajstić information content (AvgIpc) is 2.15. The summed E-state index contributed by atoms with van der Waals surface area (Å²) in [4.78, 5) is 2.19. The molecule has 6 heteroatoms. The molecule has 1 unspecified atom stereocenters. The summed E-state index contributed by atoms with van der Waals surface area (Å²) in [5.74, 6) is 0. The summed E-state index contributed by atoms with van der Waals surface area (Å²) in [6, 6.07) is 0.213. The van der Waals surface area contributed by atoms with Gasteiger partial charge in [0.15, 0.2) is 0 Å². The lowest BCUT2D eigenvalue weighted by atomic mass is 10.1. The van der Waals surface area contributed by atoms with Gasteiger partial charge in [0.1, 0.15) is 6.61 Å². The number of hydrogen-bond acceptors (Lipinski definition) is 3. The van der Waals surface area contributed by atoms with Crippen molar-refractivity contribution in [2.24, 2.45) is 5.73 Å². The van der Waals surface area contributed by atoms with E-state index in [0.717, 1.165) is 32.5 Å². The number of alkyl halides is 3. The van der Waals surface area contributed by atoms with E-state index in [1.54, 1.807) is 0 Å². The normalized spacial score (nSPS) is 23.6. The van der Waals surface area contributed by atoms with E-state index in [1.165, 1.54) is 0 Å². The summed E-state index contributed by atoms with van der Waals surface area (Å²) in [6.45, 7) is 1.62. The molecule has 1 aliphatic rings. The zero-order chi connectivity index (χ0) is 12.0. The Hall–Kier alpha value is -0.330. The van der Waals surface area contributed by atoms with E-state index in [0.29, 0.717) is 6.42 Å². The Morgan fingerprint density at radius 3 is 2.75 bits per heavy atom. The third-order valence-electron chi connectivity index (χ3n) is 2.57. The fraction of sp³-hybridized carbons (Fsp3) is 1.00. The number of likely N-dealkylation sites (tertiary alicyclic amines) is 1. The van der Waals surface area contributed by atoms with Crippen LogP contribution < -0.4 is 5.73 Å². The molecule has 3 nitrogen and oxygen atoms in total. The molecule has 0 aliphatic carbocycles. The maximum Gasteiger partial charge on any atom is 0.411 e. The number of rotatable bonds is 5. The largest absolute Gasteiger partial charge is 0.411 e. The Kier molecular flexibility index (Phi) is 5.51. The predicted octanol–water partition coefficient (Wildman–Crippen LogP) is 1.38. The molecule has 0 radical (unpaired) electrons. The van der Waals surface area contributed by atoms with Gasteiger partial charge in [-0.15, -0.1) is 0 Å². The monoisotopic (exact) mass is 240 g/mol. The minimum atomic E-state index is -4.21. The zero-order valence-electron chi connectivity index (χ0n) is 9.30. The van der Waals surface area contributed by atoms with Crippen molar-refractivity contribution in [3.63, 3.8) is 0 Å². The van der Waals surface area contributed by atoms with E-state index in [4.69, 9.17) is 5.73 Å². The van der Waals surface area contributed by atoms with Crippen LogP contribution in [0.4, 0.5) is 13.2 Å². The highest BCUT2D eigenvalue weighted by molar-refractivity contribution is 4.74. The fourth-order valence-electron chi connectivity index (χ4n) is 1.87. The van der Waals surface area contributed by atoms with Crippen LogP contribution in [-0.4, -0.2) is 50.0 Å². The minimum Gasteiger partial charge on any atom is -0.372 e. The molecule has 0 saturated carbocycles. The Labute approximate surface area is 93.7 Å². The Morgan fingerprint density at radius 1 is 1.38 bits per heavy atom. The quantitative estimate of drug-likeness (QED) is 0.738. The van der Waals surface area contributed by atoms with Crippen LogP contribution in [0.2, 0.25) is 0 Å². The van der Waals surface area contributed by atoms with Crippen LogP contribution in [0.3, 0.4) is 0 Å². The maximum atomic E-state index is 11.7. The maximum absolute atomic E-state index is 11.7. The minimum absolute atomic E-state index is 0.158. The molecule has 1 saturated heterocycles. The lowest BCUT2D eigenvalue weighted by molar-refractivity contribution is -0.174. The highest BCUT2D eigenvalue weighted by Gasteiger charge is 2.27. The molecule has 1 heterocycles. The van der Waals surface area contributed by atoms with Gasteiger partial charge in [0.05, 0.1) is 0 Å². The van der Waals surface area contributed by atoms with Gasteiger partial charge in [0.25, 0.3) is 0 Å². The molecule has 1 aliphatic heterocycles. The molecule has 16 heavy (non-hydrogen) atoms. The number of nitrogens with zero attached hydrogens (tertiary/aromatic N) is 1. The first-order chi connectivity index (χ1) is 7.47. The van der Waals surface area contributed by atoms with Crippen molar-refractivity contribution in [2.45, 2.75) is 31.5 Å². The summed E-state index contributed by atoms with van der Waals surface area (Å²) < 4.78 is 39.7. The molecule has 96 valence electrons. The number of nitrogens with two attached hydrogens (primary N) is 1. The molecule has 0 amide bonds. The van der Waals surface area contributed by atoms with E-state index in [-0.39, 0.29) is 12.6 Å². The molecular formula is C10H19F3N2O. The molecule has 1 fully saturated rings. The van der Waals surface area contributed by atoms with Crippen molar-refractivity contribution in [1.82, 2.24) is 4.90 Å². The van der Waals surface area contributed by atoms with E-state index >= 15 is 0 Å². The number of halogens is 3. The van der Waals surface area contributed by atoms with Crippen LogP contribution in [0.1, 0.15) is 19.3 Å². The van der Waals surface area contributed by atoms with Crippen LogP contribution in [0.25, 0.3) is 0 Å². The molecule has 1 rings (SSSR count). The number of ether oxygens (including phenoxy) is 1. The van der Waals surface area contributed by atoms with Crippen molar-refractivity contribution < 1.29 is 17.9 Å². The molecular weight excluding hydrogens is 221 g/mol. The molecule has 0 aromatic carbocycles. The highest BCUT2D eigenvalue weighted by Crippen LogP contribution is 2.14. The van der Waals surface area contributed by atoms with E-state index in [2.05, 4.69) is 9.64 Å². The highest BCUT2D eigenvalue weighted by atomic mass is 19.4. The average molecular weight is 240 g/mol. The second kappa shape index (κ2) is 6.42. The molecule has 0 bridgehead atoms. The molecule has 1 atom stereocenters. The van der Waals surface area contributed by atoms with Gasteiger partial charge < -0.3 is 15.4 Å². The Balaban J connectivity index is 1.98. The van der Waals surface area contributed by atoms with Gasteiger partial charge in [-0.3, -0.25) is 0 Å². The van der Waals surface area contributed by atoms with Gasteiger partial charge in [-0.25, -0.2) is 0 Å². The van der Waals surface area contributed by atoms with Crippen molar-refractivity contribution in [1.29, 1.82) is 0 Å². The first-order valence-electron chi connectivity index (χ1n) is 5.60. The van der Waals surface area contributed by atoms with Crippen LogP contribution in [0.15, 0.2) is 0 Å². The van der Waals surface area contributed by atoms with Crippen molar-refractivity contribution >= 4 is 0 Å². The third kappa shape index (κ3) is 6.30. The summed E-state index contributed by atoms with van der Waals surface area (Å²) >= 11 is 0. The van der Waals surface area contributed by atoms with Crippen LogP contribution in [-0.2, 0) is 4.74 Å². The Bertz CT molecular complexity index is 199. The topological polar surface area (TPSA) is 38.5 Å². The smallest absolute Gasteiger partial charge is 0.372 e. The van der Waals surface area contributed by atoms with Gasteiger partial charge in [-0.1, -0.05) is 0 Å². The van der Waals surface area contributed by atoms with Crippen molar-refractivity contribution in [3.05, 3.63) is 0 Å². The lowest BCUT2D eigenvalue weighted by Gasteiger charge is -2.30. The zero-order valence-corrected chi connectivity index (χ0v) is 9.30. The second-order valence-corrected chi connectivity index (χ2v) is 4.22. The van der Waals surface area contributed by atoms with E-state index in [9.17, 15) is 13.2 Å². The Morgan fingerprint density at radius 2 is 2.12 bits per heavy atom. The SMILES string of the molecule is NC1CCCN(CCCOCC(F)(F)F)C1. The van der Waals surface area contributed by atoms with Gasteiger partial charge in [0, 0.05) is 25.7 Å². The fourth-order valence-corrected chi connectivity index (χ4v) is 1.87. The van der Waals surface area contributed by atoms with E-state index in [1.807, 2.05) is 0 Å². The summed E-state index contributed by atoms with van der Waals surface area (Å²) in [5.41, 5.74) is 5.79. The summed E-state index contributed by atoms with van der Waals surface area (Å²) in [6.07, 6.45) is -1.47. The second-order valence-electron chi connectivity index (χ2n) is 4.22. The number of hydrogen-bond donors (Lipinski definition) is 1. The van der Waals surface area contributed by atoms with E-state index < -0.39 is 12.8 Å². The molecule has 0 aromatic rings. The molecule has 2 N–H and O–H groups in total. The van der Waals surface area contributed by atoms with Gasteiger partial charge >= 0.3 is 6.18 Å². The molecule has 0 aromatic heterocycles. The standard InChI is InChI=1S/C10H19F3N2O/c11-10(12,13)8-16-6-2-5-15-4-1-3-9(14)7-15/h9H,1-8,14H2. The van der Waals surface area contributed by atoms with Crippen LogP contribution >= 0.6 is 0 Å². The van der Waals surface area contributed by atoms with Crippen LogP contribution in [0, 0.1) is 0 Å². The molecule has 0 spiro atoms. The van der Waals surface area contributed by atoms with Gasteiger partial charge in [-0.05, 0) is 25.8 Å². The first kappa shape index (κ1) is 13.7. The lowest BCUT2D eigenvalue weighted by Crippen LogP contribution is -2.43. The predicted molar refractivity (Wildman–Crippen MR) is 55.1 cm³/mol. The summed E-state index contributed by atoms with van der Waals surface area (Å²) in [7, 11) is 0. The van der Waals surface area contributed by atoms with Crippen molar-refractivity contribution in [3.8, 4) is 0 Å². The van der Waals surface area contributed by atoms with Gasteiger partial charge in [-0.2, -0.15) is 13.2 Å².